The molecule has 0 fully saturated rings. The summed E-state index contributed by atoms with van der Waals surface area (Å²) < 4.78 is 2.93. The van der Waals surface area contributed by atoms with Crippen molar-refractivity contribution in [2.24, 2.45) is 12.8 Å². The first-order chi connectivity index (χ1) is 7.68. The van der Waals surface area contributed by atoms with Crippen molar-refractivity contribution in [2.45, 2.75) is 12.5 Å². The fourth-order valence-corrected chi connectivity index (χ4v) is 2.20. The minimum absolute atomic E-state index is 0.0220. The Kier molecular flexibility index (Phi) is 3.41. The highest BCUT2D eigenvalue weighted by molar-refractivity contribution is 9.10. The Morgan fingerprint density at radius 1 is 1.38 bits per heavy atom. The van der Waals surface area contributed by atoms with Gasteiger partial charge in [-0.1, -0.05) is 34.1 Å². The van der Waals surface area contributed by atoms with Crippen LogP contribution in [-0.4, -0.2) is 9.78 Å². The zero-order valence-electron chi connectivity index (χ0n) is 9.10. The first kappa shape index (κ1) is 11.4. The van der Waals surface area contributed by atoms with Crippen LogP contribution >= 0.6 is 15.9 Å². The Labute approximate surface area is 103 Å². The number of halogens is 1. The number of hydrogen-bond acceptors (Lipinski definition) is 2. The van der Waals surface area contributed by atoms with Gasteiger partial charge in [-0.05, 0) is 24.1 Å². The summed E-state index contributed by atoms with van der Waals surface area (Å²) in [6.07, 6.45) is 2.58. The van der Waals surface area contributed by atoms with Gasteiger partial charge in [-0.3, -0.25) is 4.68 Å². The summed E-state index contributed by atoms with van der Waals surface area (Å²) in [6.45, 7) is 0. The molecule has 0 saturated carbocycles. The van der Waals surface area contributed by atoms with E-state index in [4.69, 9.17) is 5.73 Å². The Morgan fingerprint density at radius 2 is 2.12 bits per heavy atom. The molecular formula is C12H14BrN3. The summed E-state index contributed by atoms with van der Waals surface area (Å²) in [4.78, 5) is 0. The number of aromatic nitrogens is 2. The molecule has 84 valence electrons. The van der Waals surface area contributed by atoms with E-state index in [1.54, 1.807) is 6.20 Å². The molecule has 0 bridgehead atoms. The molecule has 1 heterocycles. The van der Waals surface area contributed by atoms with Crippen molar-refractivity contribution >= 4 is 15.9 Å². The lowest BCUT2D eigenvalue weighted by molar-refractivity contribution is 0.616. The van der Waals surface area contributed by atoms with Crippen LogP contribution in [0.1, 0.15) is 17.3 Å². The van der Waals surface area contributed by atoms with Crippen LogP contribution in [0.2, 0.25) is 0 Å². The van der Waals surface area contributed by atoms with Gasteiger partial charge in [-0.2, -0.15) is 5.10 Å². The van der Waals surface area contributed by atoms with Gasteiger partial charge in [0.15, 0.2) is 0 Å². The minimum atomic E-state index is -0.0220. The number of nitrogens with two attached hydrogens (primary N) is 1. The first-order valence-electron chi connectivity index (χ1n) is 5.15. The molecule has 16 heavy (non-hydrogen) atoms. The number of rotatable bonds is 3. The third kappa shape index (κ3) is 2.33. The van der Waals surface area contributed by atoms with Gasteiger partial charge in [-0.15, -0.1) is 0 Å². The molecule has 2 rings (SSSR count). The van der Waals surface area contributed by atoms with Crippen LogP contribution in [0, 0.1) is 0 Å². The highest BCUT2D eigenvalue weighted by atomic mass is 79.9. The molecule has 3 nitrogen and oxygen atoms in total. The van der Waals surface area contributed by atoms with Crippen molar-refractivity contribution in [3.8, 4) is 0 Å². The van der Waals surface area contributed by atoms with Crippen molar-refractivity contribution in [3.63, 3.8) is 0 Å². The fourth-order valence-electron chi connectivity index (χ4n) is 1.75. The number of aryl methyl sites for hydroxylation is 1. The van der Waals surface area contributed by atoms with Crippen LogP contribution in [0.3, 0.4) is 0 Å². The third-order valence-electron chi connectivity index (χ3n) is 2.64. The normalized spacial score (nSPS) is 12.7. The van der Waals surface area contributed by atoms with Crippen LogP contribution in [0.5, 0.6) is 0 Å². The molecule has 1 atom stereocenters. The summed E-state index contributed by atoms with van der Waals surface area (Å²) in [5, 5.41) is 4.13. The summed E-state index contributed by atoms with van der Waals surface area (Å²) in [5.74, 6) is 0. The zero-order valence-corrected chi connectivity index (χ0v) is 10.7. The molecule has 0 radical (unpaired) electrons. The monoisotopic (exact) mass is 279 g/mol. The van der Waals surface area contributed by atoms with Gasteiger partial charge in [0.25, 0.3) is 0 Å². The molecule has 1 aromatic heterocycles. The lowest BCUT2D eigenvalue weighted by atomic mass is 10.0. The molecule has 2 N–H and O–H groups in total. The van der Waals surface area contributed by atoms with Crippen LogP contribution in [0.25, 0.3) is 0 Å². The quantitative estimate of drug-likeness (QED) is 0.938. The van der Waals surface area contributed by atoms with Gasteiger partial charge in [-0.25, -0.2) is 0 Å². The zero-order chi connectivity index (χ0) is 11.5. The van der Waals surface area contributed by atoms with E-state index in [2.05, 4.69) is 27.1 Å². The molecule has 0 aliphatic carbocycles. The Bertz CT molecular complexity index is 479. The highest BCUT2D eigenvalue weighted by Crippen LogP contribution is 2.21. The van der Waals surface area contributed by atoms with Crippen molar-refractivity contribution in [1.29, 1.82) is 0 Å². The van der Waals surface area contributed by atoms with E-state index >= 15 is 0 Å². The predicted octanol–water partition coefficient (Wildman–Crippen LogP) is 2.43. The number of nitrogens with zero attached hydrogens (tertiary/aromatic N) is 2. The van der Waals surface area contributed by atoms with E-state index in [0.29, 0.717) is 0 Å². The summed E-state index contributed by atoms with van der Waals surface area (Å²) in [5.41, 5.74) is 8.43. The van der Waals surface area contributed by atoms with E-state index < -0.39 is 0 Å². The maximum absolute atomic E-state index is 6.16. The molecule has 0 aliphatic rings. The van der Waals surface area contributed by atoms with Gasteiger partial charge in [0.05, 0.1) is 11.7 Å². The molecule has 1 aromatic carbocycles. The highest BCUT2D eigenvalue weighted by Gasteiger charge is 2.11. The molecule has 0 aliphatic heterocycles. The number of hydrogen-bond donors (Lipinski definition) is 1. The Morgan fingerprint density at radius 3 is 2.75 bits per heavy atom. The van der Waals surface area contributed by atoms with Gasteiger partial charge in [0.2, 0.25) is 0 Å². The lowest BCUT2D eigenvalue weighted by Crippen LogP contribution is -2.17. The standard InChI is InChI=1S/C12H14BrN3/c1-16-12(6-7-15-16)11(14)8-9-4-2-3-5-10(9)13/h2-7,11H,8,14H2,1H3. The fraction of sp³-hybridized carbons (Fsp3) is 0.250. The van der Waals surface area contributed by atoms with Gasteiger partial charge < -0.3 is 5.73 Å². The summed E-state index contributed by atoms with van der Waals surface area (Å²) in [7, 11) is 1.91. The summed E-state index contributed by atoms with van der Waals surface area (Å²) in [6, 6.07) is 10.1. The molecule has 0 saturated heterocycles. The Balaban J connectivity index is 2.17. The van der Waals surface area contributed by atoms with E-state index in [1.807, 2.05) is 36.0 Å². The maximum atomic E-state index is 6.16. The molecule has 2 aromatic rings. The van der Waals surface area contributed by atoms with Crippen LogP contribution in [0.4, 0.5) is 0 Å². The maximum Gasteiger partial charge on any atom is 0.0551 e. The lowest BCUT2D eigenvalue weighted by Gasteiger charge is -2.13. The van der Waals surface area contributed by atoms with E-state index in [9.17, 15) is 0 Å². The second kappa shape index (κ2) is 4.80. The van der Waals surface area contributed by atoms with Gasteiger partial charge in [0.1, 0.15) is 0 Å². The second-order valence-corrected chi connectivity index (χ2v) is 4.64. The first-order valence-corrected chi connectivity index (χ1v) is 5.94. The van der Waals surface area contributed by atoms with Crippen LogP contribution < -0.4 is 5.73 Å². The predicted molar refractivity (Wildman–Crippen MR) is 68.0 cm³/mol. The molecule has 4 heteroatoms. The van der Waals surface area contributed by atoms with Crippen molar-refractivity contribution in [3.05, 3.63) is 52.3 Å². The van der Waals surface area contributed by atoms with Crippen molar-refractivity contribution in [2.75, 3.05) is 0 Å². The Hall–Kier alpha value is -1.13. The van der Waals surface area contributed by atoms with Gasteiger partial charge >= 0.3 is 0 Å². The number of benzene rings is 1. The largest absolute Gasteiger partial charge is 0.322 e. The molecule has 0 amide bonds. The molecule has 1 unspecified atom stereocenters. The van der Waals surface area contributed by atoms with Crippen molar-refractivity contribution in [1.82, 2.24) is 9.78 Å². The van der Waals surface area contributed by atoms with E-state index in [-0.39, 0.29) is 6.04 Å². The second-order valence-electron chi connectivity index (χ2n) is 3.78. The average Bonchev–Trinajstić information content (AvgIpc) is 2.68. The minimum Gasteiger partial charge on any atom is -0.322 e. The topological polar surface area (TPSA) is 43.8 Å². The van der Waals surface area contributed by atoms with E-state index in [0.717, 1.165) is 16.6 Å². The third-order valence-corrected chi connectivity index (χ3v) is 3.41. The average molecular weight is 280 g/mol. The van der Waals surface area contributed by atoms with Crippen LogP contribution in [0.15, 0.2) is 41.0 Å². The van der Waals surface area contributed by atoms with Crippen LogP contribution in [-0.2, 0) is 13.5 Å². The van der Waals surface area contributed by atoms with Crippen molar-refractivity contribution < 1.29 is 0 Å². The summed E-state index contributed by atoms with van der Waals surface area (Å²) >= 11 is 3.53. The smallest absolute Gasteiger partial charge is 0.0551 e. The van der Waals surface area contributed by atoms with E-state index in [1.165, 1.54) is 5.56 Å². The molecule has 0 spiro atoms. The SMILES string of the molecule is Cn1nccc1C(N)Cc1ccccc1Br. The van der Waals surface area contributed by atoms with Gasteiger partial charge in [0, 0.05) is 17.7 Å². The molecular weight excluding hydrogens is 266 g/mol.